The molecule has 0 aliphatic heterocycles. The van der Waals surface area contributed by atoms with Crippen molar-refractivity contribution >= 4 is 23.2 Å². The molecule has 1 heterocycles. The van der Waals surface area contributed by atoms with Gasteiger partial charge in [0.25, 0.3) is 11.6 Å². The topological polar surface area (TPSA) is 90.1 Å². The normalized spacial score (nSPS) is 10.4. The molecule has 0 radical (unpaired) electrons. The number of rotatable bonds is 5. The molecule has 1 amide bonds. The fourth-order valence-electron chi connectivity index (χ4n) is 1.85. The number of carbonyl (C=O) groups excluding carboxylic acids is 1. The lowest BCUT2D eigenvalue weighted by Gasteiger charge is -2.06. The van der Waals surface area contributed by atoms with Crippen LogP contribution >= 0.6 is 11.6 Å². The minimum absolute atomic E-state index is 0.00596. The van der Waals surface area contributed by atoms with Crippen LogP contribution in [-0.4, -0.2) is 27.2 Å². The van der Waals surface area contributed by atoms with E-state index in [9.17, 15) is 14.9 Å². The zero-order valence-corrected chi connectivity index (χ0v) is 12.0. The molecule has 0 aliphatic carbocycles. The monoisotopic (exact) mass is 308 g/mol. The molecular weight excluding hydrogens is 296 g/mol. The van der Waals surface area contributed by atoms with Crippen LogP contribution in [0.3, 0.4) is 0 Å². The molecule has 21 heavy (non-hydrogen) atoms. The van der Waals surface area contributed by atoms with Crippen molar-refractivity contribution in [2.24, 2.45) is 7.05 Å². The molecule has 0 saturated carbocycles. The van der Waals surface area contributed by atoms with Crippen molar-refractivity contribution in [1.29, 1.82) is 0 Å². The summed E-state index contributed by atoms with van der Waals surface area (Å²) in [7, 11) is 1.82. The molecule has 2 rings (SSSR count). The Balaban J connectivity index is 1.99. The highest BCUT2D eigenvalue weighted by Gasteiger charge is 2.16. The van der Waals surface area contributed by atoms with Gasteiger partial charge < -0.3 is 5.32 Å². The van der Waals surface area contributed by atoms with Crippen molar-refractivity contribution in [2.45, 2.75) is 6.42 Å². The third kappa shape index (κ3) is 3.57. The fourth-order valence-corrected chi connectivity index (χ4v) is 2.03. The van der Waals surface area contributed by atoms with Crippen LogP contribution < -0.4 is 5.32 Å². The van der Waals surface area contributed by atoms with Crippen LogP contribution in [0.4, 0.5) is 5.69 Å². The first kappa shape index (κ1) is 15.0. The predicted molar refractivity (Wildman–Crippen MR) is 77.4 cm³/mol. The van der Waals surface area contributed by atoms with Gasteiger partial charge in [-0.05, 0) is 18.2 Å². The SMILES string of the molecule is Cn1nccc1CCNC(=O)c1ccc(Cl)c([N+](=O)[O-])c1. The van der Waals surface area contributed by atoms with Gasteiger partial charge >= 0.3 is 0 Å². The molecule has 0 fully saturated rings. The number of nitrogens with zero attached hydrogens (tertiary/aromatic N) is 3. The first-order valence-corrected chi connectivity index (χ1v) is 6.56. The molecule has 0 atom stereocenters. The summed E-state index contributed by atoms with van der Waals surface area (Å²) in [6.45, 7) is 0.411. The average molecular weight is 309 g/mol. The largest absolute Gasteiger partial charge is 0.352 e. The van der Waals surface area contributed by atoms with E-state index in [1.807, 2.05) is 13.1 Å². The van der Waals surface area contributed by atoms with E-state index in [1.165, 1.54) is 18.2 Å². The second-order valence-corrected chi connectivity index (χ2v) is 4.78. The number of nitrogens with one attached hydrogen (secondary N) is 1. The summed E-state index contributed by atoms with van der Waals surface area (Å²) in [5.74, 6) is -0.378. The molecule has 0 bridgehead atoms. The molecule has 0 unspecified atom stereocenters. The van der Waals surface area contributed by atoms with E-state index in [2.05, 4.69) is 10.4 Å². The lowest BCUT2D eigenvalue weighted by molar-refractivity contribution is -0.384. The number of amides is 1. The van der Waals surface area contributed by atoms with Gasteiger partial charge in [-0.15, -0.1) is 0 Å². The van der Waals surface area contributed by atoms with Gasteiger partial charge in [-0.1, -0.05) is 11.6 Å². The van der Waals surface area contributed by atoms with E-state index >= 15 is 0 Å². The molecule has 0 aliphatic rings. The Labute approximate surface area is 125 Å². The first-order chi connectivity index (χ1) is 9.99. The van der Waals surface area contributed by atoms with Crippen molar-refractivity contribution in [3.63, 3.8) is 0 Å². The molecule has 0 saturated heterocycles. The summed E-state index contributed by atoms with van der Waals surface area (Å²) in [6.07, 6.45) is 2.30. The molecule has 1 N–H and O–H groups in total. The molecule has 2 aromatic rings. The first-order valence-electron chi connectivity index (χ1n) is 6.18. The standard InChI is InChI=1S/C13H13ClN4O3/c1-17-10(5-7-16-17)4-6-15-13(19)9-2-3-11(14)12(8-9)18(20)21/h2-3,5,7-8H,4,6H2,1H3,(H,15,19). The fraction of sp³-hybridized carbons (Fsp3) is 0.231. The third-order valence-corrected chi connectivity index (χ3v) is 3.31. The van der Waals surface area contributed by atoms with E-state index in [4.69, 9.17) is 11.6 Å². The number of aryl methyl sites for hydroxylation is 1. The van der Waals surface area contributed by atoms with Crippen molar-refractivity contribution in [1.82, 2.24) is 15.1 Å². The minimum Gasteiger partial charge on any atom is -0.352 e. The highest BCUT2D eigenvalue weighted by molar-refractivity contribution is 6.32. The van der Waals surface area contributed by atoms with Gasteiger partial charge in [0.2, 0.25) is 0 Å². The minimum atomic E-state index is -0.616. The Morgan fingerprint density at radius 1 is 1.48 bits per heavy atom. The van der Waals surface area contributed by atoms with Gasteiger partial charge in [-0.25, -0.2) is 0 Å². The van der Waals surface area contributed by atoms with E-state index in [0.29, 0.717) is 13.0 Å². The van der Waals surface area contributed by atoms with Crippen LogP contribution in [0, 0.1) is 10.1 Å². The zero-order valence-electron chi connectivity index (χ0n) is 11.2. The maximum atomic E-state index is 11.9. The van der Waals surface area contributed by atoms with Gasteiger partial charge in [0, 0.05) is 43.5 Å². The number of benzene rings is 1. The number of hydrogen-bond donors (Lipinski definition) is 1. The summed E-state index contributed by atoms with van der Waals surface area (Å²) in [4.78, 5) is 22.1. The van der Waals surface area contributed by atoms with Crippen LogP contribution in [0.1, 0.15) is 16.1 Å². The van der Waals surface area contributed by atoms with E-state index in [0.717, 1.165) is 5.69 Å². The number of carbonyl (C=O) groups is 1. The molecule has 8 heteroatoms. The smallest absolute Gasteiger partial charge is 0.288 e. The van der Waals surface area contributed by atoms with Gasteiger partial charge in [0.05, 0.1) is 4.92 Å². The molecule has 0 spiro atoms. The van der Waals surface area contributed by atoms with Gasteiger partial charge in [0.1, 0.15) is 5.02 Å². The zero-order chi connectivity index (χ0) is 15.4. The summed E-state index contributed by atoms with van der Waals surface area (Å²) < 4.78 is 1.72. The van der Waals surface area contributed by atoms with Crippen LogP contribution in [0.15, 0.2) is 30.5 Å². The molecule has 7 nitrogen and oxygen atoms in total. The lowest BCUT2D eigenvalue weighted by Crippen LogP contribution is -2.26. The van der Waals surface area contributed by atoms with Crippen molar-refractivity contribution < 1.29 is 9.72 Å². The van der Waals surface area contributed by atoms with Crippen LogP contribution in [0.25, 0.3) is 0 Å². The van der Waals surface area contributed by atoms with Gasteiger partial charge in [-0.3, -0.25) is 19.6 Å². The highest BCUT2D eigenvalue weighted by atomic mass is 35.5. The van der Waals surface area contributed by atoms with Crippen molar-refractivity contribution in [3.8, 4) is 0 Å². The van der Waals surface area contributed by atoms with Crippen LogP contribution in [0.5, 0.6) is 0 Å². The number of halogens is 1. The number of aromatic nitrogens is 2. The summed E-state index contributed by atoms with van der Waals surface area (Å²) in [6, 6.07) is 5.82. The van der Waals surface area contributed by atoms with Crippen molar-refractivity contribution in [2.75, 3.05) is 6.54 Å². The van der Waals surface area contributed by atoms with E-state index in [-0.39, 0.29) is 22.2 Å². The van der Waals surface area contributed by atoms with Crippen LogP contribution in [-0.2, 0) is 13.5 Å². The van der Waals surface area contributed by atoms with Gasteiger partial charge in [0.15, 0.2) is 0 Å². The van der Waals surface area contributed by atoms with E-state index in [1.54, 1.807) is 10.9 Å². The third-order valence-electron chi connectivity index (χ3n) is 2.99. The molecule has 1 aromatic carbocycles. The van der Waals surface area contributed by atoms with Crippen LogP contribution in [0.2, 0.25) is 5.02 Å². The maximum Gasteiger partial charge on any atom is 0.288 e. The Morgan fingerprint density at radius 3 is 2.86 bits per heavy atom. The second kappa shape index (κ2) is 6.36. The lowest BCUT2D eigenvalue weighted by atomic mass is 10.2. The summed E-state index contributed by atoms with van der Waals surface area (Å²) in [5.41, 5.74) is 0.907. The highest BCUT2D eigenvalue weighted by Crippen LogP contribution is 2.24. The Hall–Kier alpha value is -2.41. The quantitative estimate of drug-likeness (QED) is 0.675. The number of nitro groups is 1. The molecular formula is C13H13ClN4O3. The summed E-state index contributed by atoms with van der Waals surface area (Å²) in [5, 5.41) is 17.5. The summed E-state index contributed by atoms with van der Waals surface area (Å²) >= 11 is 5.70. The number of hydrogen-bond acceptors (Lipinski definition) is 4. The predicted octanol–water partition coefficient (Wildman–Crippen LogP) is 1.95. The maximum absolute atomic E-state index is 11.9. The molecule has 110 valence electrons. The van der Waals surface area contributed by atoms with Crippen molar-refractivity contribution in [3.05, 3.63) is 56.9 Å². The Morgan fingerprint density at radius 2 is 2.24 bits per heavy atom. The Kier molecular flexibility index (Phi) is 4.54. The second-order valence-electron chi connectivity index (χ2n) is 4.38. The average Bonchev–Trinajstić information content (AvgIpc) is 2.84. The Bertz CT molecular complexity index is 684. The molecule has 1 aromatic heterocycles. The van der Waals surface area contributed by atoms with Gasteiger partial charge in [-0.2, -0.15) is 5.10 Å². The van der Waals surface area contributed by atoms with E-state index < -0.39 is 4.92 Å². The number of nitro benzene ring substituents is 1.